The molecule has 2 heterocycles. The Hall–Kier alpha value is -1.62. The highest BCUT2D eigenvalue weighted by molar-refractivity contribution is 5.79. The lowest BCUT2D eigenvalue weighted by Crippen LogP contribution is -2.47. The van der Waals surface area contributed by atoms with Crippen LogP contribution in [0.4, 0.5) is 4.39 Å². The van der Waals surface area contributed by atoms with Crippen LogP contribution < -0.4 is 5.32 Å². The number of phenols is 1. The van der Waals surface area contributed by atoms with Crippen LogP contribution >= 0.6 is 0 Å². The highest BCUT2D eigenvalue weighted by Gasteiger charge is 2.36. The second-order valence-corrected chi connectivity index (χ2v) is 6.59. The van der Waals surface area contributed by atoms with Crippen molar-refractivity contribution in [3.05, 3.63) is 29.6 Å². The summed E-state index contributed by atoms with van der Waals surface area (Å²) in [5, 5.41) is 12.6. The molecule has 0 bridgehead atoms. The normalized spacial score (nSPS) is 21.0. The molecule has 1 aromatic rings. The molecule has 3 rings (SSSR count). The van der Waals surface area contributed by atoms with Gasteiger partial charge in [0.2, 0.25) is 5.91 Å². The van der Waals surface area contributed by atoms with Crippen LogP contribution in [0.3, 0.4) is 0 Å². The lowest BCUT2D eigenvalue weighted by atomic mass is 9.71. The van der Waals surface area contributed by atoms with Gasteiger partial charge in [-0.25, -0.2) is 4.39 Å². The molecule has 2 aliphatic rings. The molecule has 0 aromatic heterocycles. The van der Waals surface area contributed by atoms with Crippen LogP contribution in [0.25, 0.3) is 0 Å². The number of amides is 1. The molecule has 0 radical (unpaired) electrons. The lowest BCUT2D eigenvalue weighted by molar-refractivity contribution is -0.133. The van der Waals surface area contributed by atoms with Gasteiger partial charge in [-0.1, -0.05) is 6.07 Å². The molecule has 22 heavy (non-hydrogen) atoms. The predicted molar refractivity (Wildman–Crippen MR) is 82.1 cm³/mol. The number of rotatable bonds is 2. The Balaban J connectivity index is 1.56. The topological polar surface area (TPSA) is 52.6 Å². The molecule has 0 aliphatic carbocycles. The molecule has 1 amide bonds. The number of benzene rings is 1. The Kier molecular flexibility index (Phi) is 4.34. The fourth-order valence-electron chi connectivity index (χ4n) is 3.63. The van der Waals surface area contributed by atoms with Crippen molar-refractivity contribution < 1.29 is 14.3 Å². The highest BCUT2D eigenvalue weighted by Crippen LogP contribution is 2.39. The molecule has 0 saturated carbocycles. The number of aromatic hydroxyl groups is 1. The minimum absolute atomic E-state index is 0.0499. The van der Waals surface area contributed by atoms with Gasteiger partial charge in [-0.05, 0) is 61.9 Å². The fourth-order valence-corrected chi connectivity index (χ4v) is 3.63. The summed E-state index contributed by atoms with van der Waals surface area (Å²) in [6.07, 6.45) is 4.76. The van der Waals surface area contributed by atoms with E-state index in [1.165, 1.54) is 25.0 Å². The monoisotopic (exact) mass is 306 g/mol. The third-order valence-corrected chi connectivity index (χ3v) is 5.21. The zero-order valence-electron chi connectivity index (χ0n) is 12.8. The molecule has 0 atom stereocenters. The van der Waals surface area contributed by atoms with Crippen LogP contribution in [0, 0.1) is 11.2 Å². The molecule has 5 heteroatoms. The summed E-state index contributed by atoms with van der Waals surface area (Å²) in [7, 11) is 0. The number of phenolic OH excluding ortho intramolecular Hbond substituents is 1. The molecule has 2 aliphatic heterocycles. The third-order valence-electron chi connectivity index (χ3n) is 5.21. The van der Waals surface area contributed by atoms with Gasteiger partial charge in [0.15, 0.2) is 11.6 Å². The Morgan fingerprint density at radius 1 is 1.23 bits per heavy atom. The summed E-state index contributed by atoms with van der Waals surface area (Å²) in [6.45, 7) is 3.78. The van der Waals surface area contributed by atoms with Crippen molar-refractivity contribution in [1.29, 1.82) is 0 Å². The molecule has 1 spiro atoms. The molecule has 2 N–H and O–H groups in total. The second kappa shape index (κ2) is 6.24. The van der Waals surface area contributed by atoms with Gasteiger partial charge < -0.3 is 15.3 Å². The van der Waals surface area contributed by atoms with Crippen molar-refractivity contribution in [2.24, 2.45) is 5.41 Å². The van der Waals surface area contributed by atoms with E-state index in [9.17, 15) is 14.3 Å². The van der Waals surface area contributed by atoms with Gasteiger partial charge in [0, 0.05) is 13.1 Å². The van der Waals surface area contributed by atoms with E-state index in [1.54, 1.807) is 6.07 Å². The molecular weight excluding hydrogens is 283 g/mol. The zero-order chi connectivity index (χ0) is 15.6. The number of likely N-dealkylation sites (tertiary alicyclic amines) is 1. The summed E-state index contributed by atoms with van der Waals surface area (Å²) in [5.74, 6) is -0.992. The zero-order valence-corrected chi connectivity index (χ0v) is 12.8. The smallest absolute Gasteiger partial charge is 0.226 e. The summed E-state index contributed by atoms with van der Waals surface area (Å²) >= 11 is 0. The van der Waals surface area contributed by atoms with Crippen LogP contribution in [0.1, 0.15) is 31.2 Å². The number of carbonyl (C=O) groups excluding carboxylic acids is 1. The van der Waals surface area contributed by atoms with Gasteiger partial charge in [-0.15, -0.1) is 0 Å². The van der Waals surface area contributed by atoms with Crippen molar-refractivity contribution in [1.82, 2.24) is 10.2 Å². The van der Waals surface area contributed by atoms with Crippen LogP contribution in [-0.4, -0.2) is 42.1 Å². The van der Waals surface area contributed by atoms with Gasteiger partial charge in [0.1, 0.15) is 0 Å². The van der Waals surface area contributed by atoms with E-state index in [1.807, 2.05) is 4.90 Å². The second-order valence-electron chi connectivity index (χ2n) is 6.59. The number of nitrogens with one attached hydrogen (secondary N) is 1. The predicted octanol–water partition coefficient (Wildman–Crippen LogP) is 2.07. The molecule has 0 unspecified atom stereocenters. The summed E-state index contributed by atoms with van der Waals surface area (Å²) in [5.41, 5.74) is 1.04. The Labute approximate surface area is 130 Å². The van der Waals surface area contributed by atoms with E-state index >= 15 is 0 Å². The van der Waals surface area contributed by atoms with Gasteiger partial charge in [0.05, 0.1) is 6.42 Å². The fraction of sp³-hybridized carbons (Fsp3) is 0.588. The minimum Gasteiger partial charge on any atom is -0.505 e. The molecule has 120 valence electrons. The van der Waals surface area contributed by atoms with Crippen LogP contribution in [-0.2, 0) is 11.2 Å². The average Bonchev–Trinajstić information content (AvgIpc) is 2.52. The molecule has 2 fully saturated rings. The van der Waals surface area contributed by atoms with Crippen LogP contribution in [0.2, 0.25) is 0 Å². The van der Waals surface area contributed by atoms with Gasteiger partial charge in [-0.3, -0.25) is 4.79 Å². The van der Waals surface area contributed by atoms with Crippen molar-refractivity contribution in [2.75, 3.05) is 26.2 Å². The van der Waals surface area contributed by atoms with Crippen molar-refractivity contribution in [3.8, 4) is 5.75 Å². The average molecular weight is 306 g/mol. The lowest BCUT2D eigenvalue weighted by Gasteiger charge is -2.44. The quantitative estimate of drug-likeness (QED) is 0.879. The van der Waals surface area contributed by atoms with E-state index in [0.29, 0.717) is 11.0 Å². The standard InChI is InChI=1S/C17H23FN2O2/c18-14-11-13(1-2-15(14)21)12-16(22)20-9-5-17(6-10-20)3-7-19-8-4-17/h1-2,11,19,21H,3-10,12H2. The molecule has 1 aromatic carbocycles. The number of halogens is 1. The maximum absolute atomic E-state index is 13.3. The number of hydrogen-bond acceptors (Lipinski definition) is 3. The Bertz CT molecular complexity index is 546. The Morgan fingerprint density at radius 2 is 1.91 bits per heavy atom. The van der Waals surface area contributed by atoms with Gasteiger partial charge in [0.25, 0.3) is 0 Å². The highest BCUT2D eigenvalue weighted by atomic mass is 19.1. The summed E-state index contributed by atoms with van der Waals surface area (Å²) < 4.78 is 13.3. The van der Waals surface area contributed by atoms with Crippen molar-refractivity contribution >= 4 is 5.91 Å². The first-order chi connectivity index (χ1) is 10.6. The van der Waals surface area contributed by atoms with E-state index < -0.39 is 5.82 Å². The minimum atomic E-state index is -0.669. The van der Waals surface area contributed by atoms with E-state index in [4.69, 9.17) is 0 Å². The van der Waals surface area contributed by atoms with Gasteiger partial charge >= 0.3 is 0 Å². The number of carbonyl (C=O) groups is 1. The SMILES string of the molecule is O=C(Cc1ccc(O)c(F)c1)N1CCC2(CCNCC2)CC1. The van der Waals surface area contributed by atoms with Crippen molar-refractivity contribution in [2.45, 2.75) is 32.1 Å². The Morgan fingerprint density at radius 3 is 2.55 bits per heavy atom. The molecular formula is C17H23FN2O2. The summed E-state index contributed by atoms with van der Waals surface area (Å²) in [6, 6.07) is 4.15. The maximum atomic E-state index is 13.3. The summed E-state index contributed by atoms with van der Waals surface area (Å²) in [4.78, 5) is 14.3. The molecule has 2 saturated heterocycles. The van der Waals surface area contributed by atoms with E-state index in [-0.39, 0.29) is 18.1 Å². The van der Waals surface area contributed by atoms with E-state index in [0.717, 1.165) is 39.0 Å². The third kappa shape index (κ3) is 3.24. The first-order valence-electron chi connectivity index (χ1n) is 8.04. The first-order valence-corrected chi connectivity index (χ1v) is 8.04. The number of hydrogen-bond donors (Lipinski definition) is 2. The first kappa shape index (κ1) is 15.3. The number of piperidine rings is 2. The van der Waals surface area contributed by atoms with Crippen molar-refractivity contribution in [3.63, 3.8) is 0 Å². The number of nitrogens with zero attached hydrogens (tertiary/aromatic N) is 1. The maximum Gasteiger partial charge on any atom is 0.226 e. The van der Waals surface area contributed by atoms with Gasteiger partial charge in [-0.2, -0.15) is 0 Å². The molecule has 4 nitrogen and oxygen atoms in total. The van der Waals surface area contributed by atoms with Crippen LogP contribution in [0.15, 0.2) is 18.2 Å². The van der Waals surface area contributed by atoms with E-state index in [2.05, 4.69) is 5.32 Å². The largest absolute Gasteiger partial charge is 0.505 e. The van der Waals surface area contributed by atoms with Crippen LogP contribution in [0.5, 0.6) is 5.75 Å².